The number of halogens is 1. The van der Waals surface area contributed by atoms with Crippen molar-refractivity contribution < 1.29 is 5.11 Å². The minimum Gasteiger partial charge on any atom is -0.384 e. The van der Waals surface area contributed by atoms with E-state index in [4.69, 9.17) is 11.6 Å². The Morgan fingerprint density at radius 3 is 2.26 bits per heavy atom. The molecule has 0 spiro atoms. The summed E-state index contributed by atoms with van der Waals surface area (Å²) in [7, 11) is 0. The minimum atomic E-state index is -0.636. The standard InChI is InChI=1S/C17H13ClO/c18-14-10-8-13(9-11-14)17(19)16-7-3-5-12-4-1-2-6-15(12)16/h1-11,17,19H/t17-/m0/s1. The second-order valence-electron chi connectivity index (χ2n) is 4.52. The van der Waals surface area contributed by atoms with Crippen LogP contribution in [0.1, 0.15) is 17.2 Å². The van der Waals surface area contributed by atoms with Gasteiger partial charge in [0.25, 0.3) is 0 Å². The third kappa shape index (κ3) is 2.35. The Labute approximate surface area is 117 Å². The lowest BCUT2D eigenvalue weighted by molar-refractivity contribution is 0.222. The van der Waals surface area contributed by atoms with Crippen LogP contribution >= 0.6 is 11.6 Å². The average molecular weight is 269 g/mol. The van der Waals surface area contributed by atoms with Crippen LogP contribution in [0.3, 0.4) is 0 Å². The highest BCUT2D eigenvalue weighted by atomic mass is 35.5. The Morgan fingerprint density at radius 2 is 1.47 bits per heavy atom. The van der Waals surface area contributed by atoms with Gasteiger partial charge < -0.3 is 5.11 Å². The lowest BCUT2D eigenvalue weighted by atomic mass is 9.96. The first-order chi connectivity index (χ1) is 9.25. The van der Waals surface area contributed by atoms with Gasteiger partial charge in [-0.05, 0) is 34.0 Å². The molecule has 3 rings (SSSR count). The fraction of sp³-hybridized carbons (Fsp3) is 0.0588. The molecule has 0 bridgehead atoms. The van der Waals surface area contributed by atoms with Crippen molar-refractivity contribution in [3.8, 4) is 0 Å². The van der Waals surface area contributed by atoms with E-state index in [0.717, 1.165) is 21.9 Å². The lowest BCUT2D eigenvalue weighted by Gasteiger charge is -2.14. The number of aliphatic hydroxyl groups is 1. The minimum absolute atomic E-state index is 0.636. The summed E-state index contributed by atoms with van der Waals surface area (Å²) in [6, 6.07) is 21.4. The van der Waals surface area contributed by atoms with Crippen molar-refractivity contribution in [1.29, 1.82) is 0 Å². The molecule has 0 saturated carbocycles. The van der Waals surface area contributed by atoms with Gasteiger partial charge in [0.05, 0.1) is 0 Å². The Balaban J connectivity index is 2.11. The first-order valence-corrected chi connectivity index (χ1v) is 6.55. The highest BCUT2D eigenvalue weighted by Gasteiger charge is 2.12. The van der Waals surface area contributed by atoms with Gasteiger partial charge in [0.15, 0.2) is 0 Å². The van der Waals surface area contributed by atoms with Crippen LogP contribution in [0.2, 0.25) is 5.02 Å². The van der Waals surface area contributed by atoms with E-state index in [1.165, 1.54) is 0 Å². The smallest absolute Gasteiger partial charge is 0.105 e. The summed E-state index contributed by atoms with van der Waals surface area (Å²) in [5, 5.41) is 13.4. The number of rotatable bonds is 2. The molecule has 19 heavy (non-hydrogen) atoms. The van der Waals surface area contributed by atoms with Crippen molar-refractivity contribution in [2.45, 2.75) is 6.10 Å². The fourth-order valence-corrected chi connectivity index (χ4v) is 2.44. The number of aliphatic hydroxyl groups excluding tert-OH is 1. The predicted molar refractivity (Wildman–Crippen MR) is 79.5 cm³/mol. The van der Waals surface area contributed by atoms with Gasteiger partial charge in [-0.1, -0.05) is 66.2 Å². The van der Waals surface area contributed by atoms with Gasteiger partial charge in [0.2, 0.25) is 0 Å². The van der Waals surface area contributed by atoms with Crippen molar-refractivity contribution in [3.63, 3.8) is 0 Å². The van der Waals surface area contributed by atoms with Gasteiger partial charge in [-0.2, -0.15) is 0 Å². The highest BCUT2D eigenvalue weighted by Crippen LogP contribution is 2.29. The van der Waals surface area contributed by atoms with Gasteiger partial charge in [-0.25, -0.2) is 0 Å². The monoisotopic (exact) mass is 268 g/mol. The molecule has 0 aromatic heterocycles. The number of benzene rings is 3. The first-order valence-electron chi connectivity index (χ1n) is 6.17. The zero-order valence-corrected chi connectivity index (χ0v) is 11.0. The molecule has 0 aliphatic carbocycles. The number of fused-ring (bicyclic) bond motifs is 1. The Morgan fingerprint density at radius 1 is 0.789 bits per heavy atom. The molecule has 1 N–H and O–H groups in total. The average Bonchev–Trinajstić information content (AvgIpc) is 2.47. The van der Waals surface area contributed by atoms with Crippen LogP contribution in [0.25, 0.3) is 10.8 Å². The summed E-state index contributed by atoms with van der Waals surface area (Å²) >= 11 is 5.88. The molecule has 1 nitrogen and oxygen atoms in total. The van der Waals surface area contributed by atoms with Crippen LogP contribution in [-0.2, 0) is 0 Å². The van der Waals surface area contributed by atoms with E-state index in [1.807, 2.05) is 54.6 Å². The zero-order chi connectivity index (χ0) is 13.2. The van der Waals surface area contributed by atoms with Gasteiger partial charge in [0.1, 0.15) is 6.10 Å². The predicted octanol–water partition coefficient (Wildman–Crippen LogP) is 4.57. The Kier molecular flexibility index (Phi) is 3.24. The summed E-state index contributed by atoms with van der Waals surface area (Å²) in [5.74, 6) is 0. The normalized spacial score (nSPS) is 12.5. The molecule has 0 aliphatic rings. The van der Waals surface area contributed by atoms with Crippen molar-refractivity contribution in [1.82, 2.24) is 0 Å². The van der Waals surface area contributed by atoms with E-state index in [0.29, 0.717) is 5.02 Å². The summed E-state index contributed by atoms with van der Waals surface area (Å²) < 4.78 is 0. The summed E-state index contributed by atoms with van der Waals surface area (Å²) in [4.78, 5) is 0. The Bertz CT molecular complexity index is 699. The van der Waals surface area contributed by atoms with Gasteiger partial charge in [0, 0.05) is 5.02 Å². The van der Waals surface area contributed by atoms with Gasteiger partial charge in [-0.15, -0.1) is 0 Å². The molecule has 0 radical (unpaired) electrons. The summed E-state index contributed by atoms with van der Waals surface area (Å²) in [6.07, 6.45) is -0.636. The second kappa shape index (κ2) is 5.04. The van der Waals surface area contributed by atoms with E-state index < -0.39 is 6.10 Å². The van der Waals surface area contributed by atoms with E-state index in [2.05, 4.69) is 0 Å². The largest absolute Gasteiger partial charge is 0.384 e. The summed E-state index contributed by atoms with van der Waals surface area (Å²) in [6.45, 7) is 0. The van der Waals surface area contributed by atoms with Crippen LogP contribution in [0.4, 0.5) is 0 Å². The molecule has 0 amide bonds. The van der Waals surface area contributed by atoms with Crippen molar-refractivity contribution in [3.05, 3.63) is 82.9 Å². The fourth-order valence-electron chi connectivity index (χ4n) is 2.31. The molecule has 94 valence electrons. The van der Waals surface area contributed by atoms with Crippen molar-refractivity contribution in [2.75, 3.05) is 0 Å². The van der Waals surface area contributed by atoms with Crippen molar-refractivity contribution in [2.24, 2.45) is 0 Å². The van der Waals surface area contributed by atoms with E-state index >= 15 is 0 Å². The van der Waals surface area contributed by atoms with Gasteiger partial charge >= 0.3 is 0 Å². The quantitative estimate of drug-likeness (QED) is 0.722. The zero-order valence-electron chi connectivity index (χ0n) is 10.3. The second-order valence-corrected chi connectivity index (χ2v) is 4.96. The van der Waals surface area contributed by atoms with Crippen LogP contribution in [-0.4, -0.2) is 5.11 Å². The maximum Gasteiger partial charge on any atom is 0.105 e. The third-order valence-corrected chi connectivity index (χ3v) is 3.56. The maximum absolute atomic E-state index is 10.5. The summed E-state index contributed by atoms with van der Waals surface area (Å²) in [5.41, 5.74) is 1.76. The molecule has 3 aromatic carbocycles. The molecule has 3 aromatic rings. The maximum atomic E-state index is 10.5. The number of hydrogen-bond acceptors (Lipinski definition) is 1. The lowest BCUT2D eigenvalue weighted by Crippen LogP contribution is -2.00. The molecular formula is C17H13ClO. The van der Waals surface area contributed by atoms with Crippen molar-refractivity contribution >= 4 is 22.4 Å². The molecule has 0 unspecified atom stereocenters. The van der Waals surface area contributed by atoms with E-state index in [1.54, 1.807) is 12.1 Å². The van der Waals surface area contributed by atoms with Gasteiger partial charge in [-0.3, -0.25) is 0 Å². The topological polar surface area (TPSA) is 20.2 Å². The highest BCUT2D eigenvalue weighted by molar-refractivity contribution is 6.30. The van der Waals surface area contributed by atoms with E-state index in [9.17, 15) is 5.11 Å². The Hall–Kier alpha value is -1.83. The third-order valence-electron chi connectivity index (χ3n) is 3.30. The molecule has 0 fully saturated rings. The first kappa shape index (κ1) is 12.2. The van der Waals surface area contributed by atoms with Crippen LogP contribution in [0, 0.1) is 0 Å². The van der Waals surface area contributed by atoms with E-state index in [-0.39, 0.29) is 0 Å². The molecular weight excluding hydrogens is 256 g/mol. The SMILES string of the molecule is O[C@@H](c1ccc(Cl)cc1)c1cccc2ccccc12. The van der Waals surface area contributed by atoms with Crippen LogP contribution in [0.5, 0.6) is 0 Å². The molecule has 0 heterocycles. The van der Waals surface area contributed by atoms with Crippen LogP contribution < -0.4 is 0 Å². The molecule has 1 atom stereocenters. The number of hydrogen-bond donors (Lipinski definition) is 1. The molecule has 2 heteroatoms. The van der Waals surface area contributed by atoms with Crippen LogP contribution in [0.15, 0.2) is 66.7 Å². The molecule has 0 aliphatic heterocycles. The molecule has 0 saturated heterocycles.